The van der Waals surface area contributed by atoms with E-state index in [1.807, 2.05) is 6.92 Å². The van der Waals surface area contributed by atoms with E-state index in [1.54, 1.807) is 16.6 Å². The lowest BCUT2D eigenvalue weighted by molar-refractivity contribution is 0.281. The number of sulfonamides is 1. The minimum Gasteiger partial charge on any atom is -0.391 e. The fraction of sp³-hybridized carbons (Fsp3) is 0.692. The van der Waals surface area contributed by atoms with Crippen LogP contribution in [0.25, 0.3) is 0 Å². The molecule has 0 spiro atoms. The molecule has 1 saturated carbocycles. The predicted octanol–water partition coefficient (Wildman–Crippen LogP) is 2.50. The third kappa shape index (κ3) is 2.72. The molecule has 1 aliphatic rings. The van der Waals surface area contributed by atoms with Gasteiger partial charge in [0, 0.05) is 12.6 Å². The van der Waals surface area contributed by atoms with Crippen molar-refractivity contribution >= 4 is 21.4 Å². The van der Waals surface area contributed by atoms with Gasteiger partial charge in [-0.2, -0.15) is 4.31 Å². The number of nitrogens with zero attached hydrogens (tertiary/aromatic N) is 1. The second kappa shape index (κ2) is 5.91. The first-order valence-corrected chi connectivity index (χ1v) is 9.04. The van der Waals surface area contributed by atoms with Gasteiger partial charge in [0.2, 0.25) is 10.0 Å². The van der Waals surface area contributed by atoms with Gasteiger partial charge in [0.05, 0.1) is 11.5 Å². The van der Waals surface area contributed by atoms with E-state index in [1.165, 1.54) is 11.3 Å². The summed E-state index contributed by atoms with van der Waals surface area (Å²) in [5.74, 6) is 0. The van der Waals surface area contributed by atoms with E-state index in [2.05, 4.69) is 0 Å². The van der Waals surface area contributed by atoms with Gasteiger partial charge in [-0.15, -0.1) is 11.3 Å². The van der Waals surface area contributed by atoms with Gasteiger partial charge in [0.15, 0.2) is 0 Å². The Hall–Kier alpha value is -0.430. The molecule has 1 heterocycles. The number of aryl methyl sites for hydroxylation is 1. The van der Waals surface area contributed by atoms with Gasteiger partial charge in [-0.25, -0.2) is 8.42 Å². The highest BCUT2D eigenvalue weighted by Crippen LogP contribution is 2.33. The Balaban J connectivity index is 2.42. The third-order valence-corrected chi connectivity index (χ3v) is 7.22. The molecule has 6 heteroatoms. The molecule has 1 aliphatic carbocycles. The second-order valence-corrected chi connectivity index (χ2v) is 7.77. The van der Waals surface area contributed by atoms with Crippen LogP contribution in [-0.2, 0) is 16.6 Å². The van der Waals surface area contributed by atoms with Gasteiger partial charge in [-0.1, -0.05) is 19.8 Å². The van der Waals surface area contributed by atoms with Crippen molar-refractivity contribution in [2.24, 2.45) is 0 Å². The molecule has 4 nitrogen and oxygen atoms in total. The van der Waals surface area contributed by atoms with Crippen molar-refractivity contribution in [3.63, 3.8) is 0 Å². The SMILES string of the molecule is CCN(C1CCCC1)S(=O)(=O)c1c(C)csc1CO. The maximum Gasteiger partial charge on any atom is 0.244 e. The fourth-order valence-electron chi connectivity index (χ4n) is 2.88. The Labute approximate surface area is 119 Å². The Kier molecular flexibility index (Phi) is 4.66. The summed E-state index contributed by atoms with van der Waals surface area (Å²) in [4.78, 5) is 0.877. The standard InChI is InChI=1S/C13H21NO3S2/c1-3-14(11-6-4-5-7-11)19(16,17)13-10(2)9-18-12(13)8-15/h9,11,15H,3-8H2,1-2H3. The Morgan fingerprint density at radius 3 is 2.58 bits per heavy atom. The van der Waals surface area contributed by atoms with Crippen LogP contribution < -0.4 is 0 Å². The quantitative estimate of drug-likeness (QED) is 0.909. The van der Waals surface area contributed by atoms with Crippen molar-refractivity contribution in [3.05, 3.63) is 15.8 Å². The third-order valence-electron chi connectivity index (χ3n) is 3.74. The van der Waals surface area contributed by atoms with E-state index >= 15 is 0 Å². The van der Waals surface area contributed by atoms with Gasteiger partial charge in [0.25, 0.3) is 0 Å². The van der Waals surface area contributed by atoms with Crippen molar-refractivity contribution in [3.8, 4) is 0 Å². The summed E-state index contributed by atoms with van der Waals surface area (Å²) >= 11 is 1.32. The van der Waals surface area contributed by atoms with E-state index in [-0.39, 0.29) is 12.6 Å². The molecule has 0 unspecified atom stereocenters. The first kappa shape index (κ1) is 15.0. The van der Waals surface area contributed by atoms with Gasteiger partial charge in [-0.3, -0.25) is 0 Å². The minimum atomic E-state index is -3.48. The van der Waals surface area contributed by atoms with Crippen molar-refractivity contribution in [2.45, 2.75) is 57.1 Å². The lowest BCUT2D eigenvalue weighted by Gasteiger charge is -2.27. The molecule has 0 bridgehead atoms. The predicted molar refractivity (Wildman–Crippen MR) is 76.8 cm³/mol. The Morgan fingerprint density at radius 1 is 1.42 bits per heavy atom. The summed E-state index contributed by atoms with van der Waals surface area (Å²) in [5.41, 5.74) is 0.741. The number of thiophene rings is 1. The van der Waals surface area contributed by atoms with E-state index in [0.717, 1.165) is 31.2 Å². The fourth-order valence-corrected chi connectivity index (χ4v) is 6.19. The zero-order valence-corrected chi connectivity index (χ0v) is 13.1. The largest absolute Gasteiger partial charge is 0.391 e. The first-order valence-electron chi connectivity index (χ1n) is 6.72. The number of aliphatic hydroxyl groups excluding tert-OH is 1. The highest BCUT2D eigenvalue weighted by Gasteiger charge is 2.34. The highest BCUT2D eigenvalue weighted by atomic mass is 32.2. The molecule has 1 fully saturated rings. The molecule has 0 radical (unpaired) electrons. The number of rotatable bonds is 5. The van der Waals surface area contributed by atoms with Crippen LogP contribution in [0.3, 0.4) is 0 Å². The van der Waals surface area contributed by atoms with Crippen molar-refractivity contribution in [1.82, 2.24) is 4.31 Å². The summed E-state index contributed by atoms with van der Waals surface area (Å²) in [7, 11) is -3.48. The number of hydrogen-bond donors (Lipinski definition) is 1. The zero-order valence-electron chi connectivity index (χ0n) is 11.4. The molecule has 0 saturated heterocycles. The van der Waals surface area contributed by atoms with Crippen LogP contribution in [-0.4, -0.2) is 30.4 Å². The molecule has 1 N–H and O–H groups in total. The molecule has 1 aromatic heterocycles. The molecule has 0 aliphatic heterocycles. The summed E-state index contributed by atoms with van der Waals surface area (Å²) in [6.07, 6.45) is 4.10. The highest BCUT2D eigenvalue weighted by molar-refractivity contribution is 7.89. The number of hydrogen-bond acceptors (Lipinski definition) is 4. The Bertz CT molecular complexity index is 530. The van der Waals surface area contributed by atoms with E-state index in [9.17, 15) is 13.5 Å². The van der Waals surface area contributed by atoms with Crippen LogP contribution >= 0.6 is 11.3 Å². The summed E-state index contributed by atoms with van der Waals surface area (Å²) in [6.45, 7) is 3.96. The number of aliphatic hydroxyl groups is 1. The van der Waals surface area contributed by atoms with Crippen molar-refractivity contribution in [2.75, 3.05) is 6.54 Å². The monoisotopic (exact) mass is 303 g/mol. The topological polar surface area (TPSA) is 57.6 Å². The average Bonchev–Trinajstić information content (AvgIpc) is 2.99. The van der Waals surface area contributed by atoms with Crippen LogP contribution in [0.2, 0.25) is 0 Å². The van der Waals surface area contributed by atoms with Crippen LogP contribution in [0, 0.1) is 6.92 Å². The van der Waals surface area contributed by atoms with E-state index in [0.29, 0.717) is 16.3 Å². The van der Waals surface area contributed by atoms with Crippen LogP contribution in [0.5, 0.6) is 0 Å². The van der Waals surface area contributed by atoms with Gasteiger partial charge < -0.3 is 5.11 Å². The second-order valence-electron chi connectivity index (χ2n) is 4.98. The molecular weight excluding hydrogens is 282 g/mol. The van der Waals surface area contributed by atoms with Gasteiger partial charge >= 0.3 is 0 Å². The molecular formula is C13H21NO3S2. The van der Waals surface area contributed by atoms with Crippen molar-refractivity contribution < 1.29 is 13.5 Å². The molecule has 0 atom stereocenters. The normalized spacial score (nSPS) is 17.5. The summed E-state index contributed by atoms with van der Waals surface area (Å²) in [6, 6.07) is 0.126. The molecule has 1 aromatic rings. The lowest BCUT2D eigenvalue weighted by atomic mass is 10.2. The molecule has 108 valence electrons. The summed E-state index contributed by atoms with van der Waals surface area (Å²) in [5, 5.41) is 11.1. The van der Waals surface area contributed by atoms with Crippen LogP contribution in [0.4, 0.5) is 0 Å². The summed E-state index contributed by atoms with van der Waals surface area (Å²) < 4.78 is 27.3. The molecule has 2 rings (SSSR count). The molecule has 0 amide bonds. The molecule has 19 heavy (non-hydrogen) atoms. The van der Waals surface area contributed by atoms with Crippen molar-refractivity contribution in [1.29, 1.82) is 0 Å². The van der Waals surface area contributed by atoms with Crippen LogP contribution in [0.15, 0.2) is 10.3 Å². The van der Waals surface area contributed by atoms with E-state index < -0.39 is 10.0 Å². The Morgan fingerprint density at radius 2 is 2.05 bits per heavy atom. The molecule has 0 aromatic carbocycles. The van der Waals surface area contributed by atoms with Gasteiger partial charge in [0.1, 0.15) is 4.90 Å². The van der Waals surface area contributed by atoms with Gasteiger partial charge in [-0.05, 0) is 30.7 Å². The minimum absolute atomic E-state index is 0.126. The maximum absolute atomic E-state index is 12.8. The lowest BCUT2D eigenvalue weighted by Crippen LogP contribution is -2.39. The average molecular weight is 303 g/mol. The van der Waals surface area contributed by atoms with Crippen LogP contribution in [0.1, 0.15) is 43.0 Å². The smallest absolute Gasteiger partial charge is 0.244 e. The maximum atomic E-state index is 12.8. The van der Waals surface area contributed by atoms with E-state index in [4.69, 9.17) is 0 Å². The zero-order chi connectivity index (χ0) is 14.0. The first-order chi connectivity index (χ1) is 9.02.